The smallest absolute Gasteiger partial charge is 0.408 e. The average Bonchev–Trinajstić information content (AvgIpc) is 3.14. The molecule has 0 spiro atoms. The number of alkyl carbamates (subject to hydrolysis) is 1. The SMILES string of the molecule is COC(=N)/C(=C\C(=N)Cl)[C@H](C)n1cc(NC(=O)C(NC(=O)OC(C)(C)C)C2CCC(C)CC2)c(F)n1. The van der Waals surface area contributed by atoms with Gasteiger partial charge in [0, 0.05) is 5.57 Å². The number of carbonyl (C=O) groups is 2. The number of hydrogen-bond acceptors (Lipinski definition) is 7. The molecule has 1 aliphatic rings. The molecule has 200 valence electrons. The number of anilines is 1. The van der Waals surface area contributed by atoms with Crippen molar-refractivity contribution < 1.29 is 23.5 Å². The lowest BCUT2D eigenvalue weighted by molar-refractivity contribution is -0.119. The maximum Gasteiger partial charge on any atom is 0.408 e. The summed E-state index contributed by atoms with van der Waals surface area (Å²) in [5.74, 6) is -1.37. The van der Waals surface area contributed by atoms with E-state index in [1.54, 1.807) is 27.7 Å². The lowest BCUT2D eigenvalue weighted by Gasteiger charge is -2.32. The summed E-state index contributed by atoms with van der Waals surface area (Å²) in [4.78, 5) is 25.7. The molecule has 2 rings (SSSR count). The summed E-state index contributed by atoms with van der Waals surface area (Å²) in [5, 5.41) is 24.1. The molecule has 1 unspecified atom stereocenters. The van der Waals surface area contributed by atoms with Gasteiger partial charge in [-0.25, -0.2) is 4.79 Å². The van der Waals surface area contributed by atoms with E-state index in [1.807, 2.05) is 0 Å². The Bertz CT molecular complexity index is 1010. The van der Waals surface area contributed by atoms with Crippen LogP contribution in [-0.2, 0) is 14.3 Å². The molecular weight excluding hydrogens is 491 g/mol. The highest BCUT2D eigenvalue weighted by molar-refractivity contribution is 6.67. The number of aromatic nitrogens is 2. The summed E-state index contributed by atoms with van der Waals surface area (Å²) in [7, 11) is 1.29. The van der Waals surface area contributed by atoms with Crippen LogP contribution in [0.5, 0.6) is 0 Å². The molecule has 2 amide bonds. The van der Waals surface area contributed by atoms with Crippen molar-refractivity contribution in [3.8, 4) is 0 Å². The number of nitrogens with one attached hydrogen (secondary N) is 4. The molecule has 1 saturated carbocycles. The molecule has 2 atom stereocenters. The summed E-state index contributed by atoms with van der Waals surface area (Å²) in [6, 6.07) is -1.64. The minimum absolute atomic E-state index is 0.128. The summed E-state index contributed by atoms with van der Waals surface area (Å²) in [6.07, 6.45) is 5.09. The Labute approximate surface area is 215 Å². The second kappa shape index (κ2) is 12.3. The zero-order valence-corrected chi connectivity index (χ0v) is 22.3. The van der Waals surface area contributed by atoms with Gasteiger partial charge in [-0.2, -0.15) is 4.39 Å². The Morgan fingerprint density at radius 2 is 1.89 bits per heavy atom. The average molecular weight is 527 g/mol. The Balaban J connectivity index is 2.26. The van der Waals surface area contributed by atoms with Crippen LogP contribution in [-0.4, -0.2) is 51.6 Å². The van der Waals surface area contributed by atoms with E-state index in [-0.39, 0.29) is 28.2 Å². The molecule has 4 N–H and O–H groups in total. The minimum atomic E-state index is -0.937. The highest BCUT2D eigenvalue weighted by Crippen LogP contribution is 2.31. The fourth-order valence-corrected chi connectivity index (χ4v) is 4.20. The van der Waals surface area contributed by atoms with E-state index < -0.39 is 35.6 Å². The van der Waals surface area contributed by atoms with Crippen molar-refractivity contribution in [1.82, 2.24) is 15.1 Å². The van der Waals surface area contributed by atoms with Gasteiger partial charge >= 0.3 is 6.09 Å². The standard InChI is InChI=1S/C24H36ClFN6O4/c1-13-7-9-15(10-8-13)19(30-23(34)36-24(3,4)5)22(33)29-17-12-32(31-20(17)26)14(2)16(11-18(25)27)21(28)35-6/h11-15,19,27-28H,7-10H2,1-6H3,(H,29,33)(H,30,34)/b16-11-,27-18?,28-21?/t13?,14-,15?,19?/m0/s1. The van der Waals surface area contributed by atoms with Crippen LogP contribution >= 0.6 is 11.6 Å². The topological polar surface area (TPSA) is 142 Å². The highest BCUT2D eigenvalue weighted by Gasteiger charge is 2.34. The van der Waals surface area contributed by atoms with Crippen molar-refractivity contribution in [2.24, 2.45) is 11.8 Å². The monoisotopic (exact) mass is 526 g/mol. The fourth-order valence-electron chi connectivity index (χ4n) is 4.09. The summed E-state index contributed by atoms with van der Waals surface area (Å²) in [6.45, 7) is 8.95. The summed E-state index contributed by atoms with van der Waals surface area (Å²) in [5.41, 5.74) is -0.731. The zero-order chi connectivity index (χ0) is 27.2. The van der Waals surface area contributed by atoms with Gasteiger partial charge in [0.15, 0.2) is 0 Å². The van der Waals surface area contributed by atoms with Crippen molar-refractivity contribution in [3.05, 3.63) is 23.8 Å². The second-order valence-corrected chi connectivity index (χ2v) is 10.5. The van der Waals surface area contributed by atoms with Gasteiger partial charge in [0.1, 0.15) is 22.5 Å². The van der Waals surface area contributed by atoms with Crippen molar-refractivity contribution in [1.29, 1.82) is 10.8 Å². The van der Waals surface area contributed by atoms with Gasteiger partial charge in [-0.1, -0.05) is 31.4 Å². The number of halogens is 2. The van der Waals surface area contributed by atoms with E-state index in [0.717, 1.165) is 25.7 Å². The minimum Gasteiger partial charge on any atom is -0.481 e. The molecule has 12 heteroatoms. The third-order valence-corrected chi connectivity index (χ3v) is 6.14. The second-order valence-electron chi connectivity index (χ2n) is 10.1. The van der Waals surface area contributed by atoms with Gasteiger partial charge in [-0.05, 0) is 58.4 Å². The molecule has 0 aromatic carbocycles. The van der Waals surface area contributed by atoms with E-state index in [4.69, 9.17) is 31.9 Å². The Kier molecular flexibility index (Phi) is 10.0. The van der Waals surface area contributed by atoms with Gasteiger partial charge in [0.2, 0.25) is 11.8 Å². The van der Waals surface area contributed by atoms with Gasteiger partial charge in [-0.3, -0.25) is 20.3 Å². The first-order valence-corrected chi connectivity index (χ1v) is 12.2. The molecule has 0 radical (unpaired) electrons. The van der Waals surface area contributed by atoms with Gasteiger partial charge in [-0.15, -0.1) is 5.10 Å². The molecule has 0 bridgehead atoms. The first-order valence-electron chi connectivity index (χ1n) is 11.8. The third-order valence-electron chi connectivity index (χ3n) is 6.03. The van der Waals surface area contributed by atoms with Crippen LogP contribution in [0.25, 0.3) is 0 Å². The third kappa shape index (κ3) is 8.32. The molecule has 1 aliphatic carbocycles. The molecule has 1 fully saturated rings. The quantitative estimate of drug-likeness (QED) is 0.278. The number of allylic oxidation sites excluding steroid dienone is 1. The zero-order valence-electron chi connectivity index (χ0n) is 21.6. The number of hydrogen-bond donors (Lipinski definition) is 4. The Hall–Kier alpha value is -2.95. The maximum atomic E-state index is 14.8. The van der Waals surface area contributed by atoms with Crippen molar-refractivity contribution in [2.45, 2.75) is 78.0 Å². The molecule has 0 aliphatic heterocycles. The molecule has 1 heterocycles. The van der Waals surface area contributed by atoms with E-state index in [1.165, 1.54) is 24.1 Å². The first-order chi connectivity index (χ1) is 16.7. The van der Waals surface area contributed by atoms with Crippen LogP contribution in [0.3, 0.4) is 0 Å². The van der Waals surface area contributed by atoms with Crippen molar-refractivity contribution in [3.63, 3.8) is 0 Å². The number of methoxy groups -OCH3 is 1. The van der Waals surface area contributed by atoms with E-state index in [9.17, 15) is 14.0 Å². The van der Waals surface area contributed by atoms with Gasteiger partial charge < -0.3 is 20.1 Å². The van der Waals surface area contributed by atoms with Crippen molar-refractivity contribution in [2.75, 3.05) is 12.4 Å². The molecule has 36 heavy (non-hydrogen) atoms. The number of rotatable bonds is 8. The number of amides is 2. The summed E-state index contributed by atoms with van der Waals surface area (Å²) < 4.78 is 26.2. The van der Waals surface area contributed by atoms with Gasteiger partial charge in [0.25, 0.3) is 5.95 Å². The predicted molar refractivity (Wildman–Crippen MR) is 136 cm³/mol. The van der Waals surface area contributed by atoms with E-state index in [2.05, 4.69) is 22.7 Å². The molecule has 1 aromatic rings. The van der Waals surface area contributed by atoms with E-state index >= 15 is 0 Å². The number of ether oxygens (including phenoxy) is 2. The Morgan fingerprint density at radius 1 is 1.28 bits per heavy atom. The lowest BCUT2D eigenvalue weighted by atomic mass is 9.79. The Morgan fingerprint density at radius 3 is 2.42 bits per heavy atom. The fraction of sp³-hybridized carbons (Fsp3) is 0.625. The number of nitrogens with zero attached hydrogens (tertiary/aromatic N) is 2. The molecule has 1 aromatic heterocycles. The molecular formula is C24H36ClFN6O4. The van der Waals surface area contributed by atoms with Crippen LogP contribution in [0.4, 0.5) is 14.9 Å². The number of carbonyl (C=O) groups excluding carboxylic acids is 2. The van der Waals surface area contributed by atoms with Crippen LogP contribution in [0.1, 0.15) is 66.3 Å². The first kappa shape index (κ1) is 29.3. The van der Waals surface area contributed by atoms with Crippen LogP contribution in [0.15, 0.2) is 17.8 Å². The van der Waals surface area contributed by atoms with Crippen LogP contribution < -0.4 is 10.6 Å². The molecule has 0 saturated heterocycles. The largest absolute Gasteiger partial charge is 0.481 e. The molecule has 10 nitrogen and oxygen atoms in total. The van der Waals surface area contributed by atoms with Crippen molar-refractivity contribution >= 4 is 40.4 Å². The highest BCUT2D eigenvalue weighted by atomic mass is 35.5. The summed E-state index contributed by atoms with van der Waals surface area (Å²) >= 11 is 5.66. The lowest BCUT2D eigenvalue weighted by Crippen LogP contribution is -2.50. The predicted octanol–water partition coefficient (Wildman–Crippen LogP) is 5.01. The van der Waals surface area contributed by atoms with Crippen LogP contribution in [0.2, 0.25) is 0 Å². The maximum absolute atomic E-state index is 14.8. The van der Waals surface area contributed by atoms with E-state index in [0.29, 0.717) is 5.92 Å². The normalized spacial score (nSPS) is 20.2. The van der Waals surface area contributed by atoms with Crippen LogP contribution in [0, 0.1) is 28.6 Å². The van der Waals surface area contributed by atoms with Gasteiger partial charge in [0.05, 0.1) is 19.3 Å².